The van der Waals surface area contributed by atoms with E-state index >= 15 is 0 Å². The van der Waals surface area contributed by atoms with E-state index in [9.17, 15) is 22.8 Å². The molecule has 3 rings (SSSR count). The van der Waals surface area contributed by atoms with E-state index in [0.717, 1.165) is 24.1 Å². The van der Waals surface area contributed by atoms with Crippen LogP contribution in [0.15, 0.2) is 48.5 Å². The molecule has 3 atom stereocenters. The van der Waals surface area contributed by atoms with Gasteiger partial charge in [-0.3, -0.25) is 0 Å². The van der Waals surface area contributed by atoms with E-state index in [0.29, 0.717) is 6.54 Å². The van der Waals surface area contributed by atoms with Gasteiger partial charge in [-0.1, -0.05) is 36.4 Å². The molecule has 0 aliphatic carbocycles. The Balaban J connectivity index is 0.000000309. The molecule has 0 spiro atoms. The second-order valence-corrected chi connectivity index (χ2v) is 7.47. The van der Waals surface area contributed by atoms with Gasteiger partial charge in [-0.05, 0) is 48.8 Å². The zero-order chi connectivity index (χ0) is 24.1. The molecule has 1 aliphatic heterocycles. The van der Waals surface area contributed by atoms with Crippen LogP contribution in [0, 0.1) is 0 Å². The summed E-state index contributed by atoms with van der Waals surface area (Å²) in [5.41, 5.74) is 2.40. The quantitative estimate of drug-likeness (QED) is 0.560. The number of aliphatic hydroxyl groups is 2. The second kappa shape index (κ2) is 10.6. The van der Waals surface area contributed by atoms with Crippen molar-refractivity contribution in [2.24, 2.45) is 0 Å². The van der Waals surface area contributed by atoms with Crippen LogP contribution in [0.1, 0.15) is 34.6 Å². The summed E-state index contributed by atoms with van der Waals surface area (Å²) in [5.74, 6) is -3.38. The van der Waals surface area contributed by atoms with Crippen molar-refractivity contribution < 1.29 is 43.2 Å². The van der Waals surface area contributed by atoms with Gasteiger partial charge in [0.05, 0.1) is 5.56 Å². The highest BCUT2D eigenvalue weighted by atomic mass is 19.4. The fourth-order valence-electron chi connectivity index (χ4n) is 3.44. The second-order valence-electron chi connectivity index (χ2n) is 7.47. The first-order chi connectivity index (χ1) is 14.9. The lowest BCUT2D eigenvalue weighted by atomic mass is 9.86. The lowest BCUT2D eigenvalue weighted by Crippen LogP contribution is -2.39. The third kappa shape index (κ3) is 6.52. The van der Waals surface area contributed by atoms with Crippen LogP contribution in [0.4, 0.5) is 13.2 Å². The number of carbonyl (C=O) groups is 2. The van der Waals surface area contributed by atoms with E-state index in [2.05, 4.69) is 17.0 Å². The van der Waals surface area contributed by atoms with Crippen LogP contribution in [-0.4, -0.2) is 63.1 Å². The van der Waals surface area contributed by atoms with Crippen molar-refractivity contribution in [2.45, 2.75) is 37.3 Å². The zero-order valence-electron chi connectivity index (χ0n) is 17.2. The van der Waals surface area contributed by atoms with Crippen molar-refractivity contribution in [1.82, 2.24) is 4.90 Å². The van der Waals surface area contributed by atoms with Crippen LogP contribution in [0.25, 0.3) is 0 Å². The summed E-state index contributed by atoms with van der Waals surface area (Å²) in [6.07, 6.45) is -7.91. The number of aliphatic hydroxyl groups excluding tert-OH is 2. The topological polar surface area (TPSA) is 118 Å². The molecule has 1 heterocycles. The van der Waals surface area contributed by atoms with Gasteiger partial charge in [0, 0.05) is 12.5 Å². The monoisotopic (exact) mass is 455 g/mol. The molecule has 1 aliphatic rings. The van der Waals surface area contributed by atoms with Gasteiger partial charge in [-0.25, -0.2) is 9.59 Å². The van der Waals surface area contributed by atoms with Crippen LogP contribution in [0.3, 0.4) is 0 Å². The average Bonchev–Trinajstić information content (AvgIpc) is 2.90. The van der Waals surface area contributed by atoms with Crippen molar-refractivity contribution in [3.05, 3.63) is 70.8 Å². The van der Waals surface area contributed by atoms with Gasteiger partial charge >= 0.3 is 18.1 Å². The minimum Gasteiger partial charge on any atom is -0.479 e. The maximum atomic E-state index is 13.0. The van der Waals surface area contributed by atoms with E-state index < -0.39 is 35.9 Å². The van der Waals surface area contributed by atoms with Crippen molar-refractivity contribution >= 4 is 11.9 Å². The number of carboxylic acids is 2. The van der Waals surface area contributed by atoms with Gasteiger partial charge < -0.3 is 25.3 Å². The van der Waals surface area contributed by atoms with Crippen LogP contribution in [0.2, 0.25) is 0 Å². The molecule has 10 heteroatoms. The Kier molecular flexibility index (Phi) is 8.37. The molecule has 1 unspecified atom stereocenters. The number of fused-ring (bicyclic) bond motifs is 1. The van der Waals surface area contributed by atoms with Crippen molar-refractivity contribution in [3.8, 4) is 0 Å². The van der Waals surface area contributed by atoms with Gasteiger partial charge in [0.15, 0.2) is 12.2 Å². The van der Waals surface area contributed by atoms with Gasteiger partial charge in [0.2, 0.25) is 0 Å². The first-order valence-corrected chi connectivity index (χ1v) is 9.67. The van der Waals surface area contributed by atoms with E-state index in [1.54, 1.807) is 6.07 Å². The van der Waals surface area contributed by atoms with E-state index in [1.165, 1.54) is 17.7 Å². The summed E-state index contributed by atoms with van der Waals surface area (Å²) in [5, 5.41) is 32.5. The molecule has 0 fully saturated rings. The summed E-state index contributed by atoms with van der Waals surface area (Å²) < 4.78 is 38.9. The first-order valence-electron chi connectivity index (χ1n) is 9.67. The van der Waals surface area contributed by atoms with E-state index in [4.69, 9.17) is 20.4 Å². The molecular weight excluding hydrogens is 431 g/mol. The third-order valence-corrected chi connectivity index (χ3v) is 5.09. The van der Waals surface area contributed by atoms with Crippen LogP contribution in [0.5, 0.6) is 0 Å². The molecule has 0 saturated heterocycles. The fourth-order valence-corrected chi connectivity index (χ4v) is 3.44. The molecule has 32 heavy (non-hydrogen) atoms. The SMILES string of the molecule is CN1CCC(c2ccccc2)c2ccc(C(F)(F)F)cc2C1.O=C(O)[C@H](O)[C@@H](O)C(=O)O. The van der Waals surface area contributed by atoms with Crippen LogP contribution in [-0.2, 0) is 22.3 Å². The zero-order valence-corrected chi connectivity index (χ0v) is 17.2. The Hall–Kier alpha value is -2.95. The summed E-state index contributed by atoms with van der Waals surface area (Å²) in [7, 11) is 1.96. The Morgan fingerprint density at radius 3 is 2.06 bits per heavy atom. The van der Waals surface area contributed by atoms with E-state index in [-0.39, 0.29) is 5.92 Å². The Morgan fingerprint density at radius 1 is 1.00 bits per heavy atom. The number of hydrogen-bond acceptors (Lipinski definition) is 5. The van der Waals surface area contributed by atoms with Gasteiger partial charge in [-0.15, -0.1) is 0 Å². The Morgan fingerprint density at radius 2 is 1.56 bits per heavy atom. The summed E-state index contributed by atoms with van der Waals surface area (Å²) in [4.78, 5) is 21.6. The number of carboxylic acid groups (broad SMARTS) is 2. The van der Waals surface area contributed by atoms with Crippen LogP contribution >= 0.6 is 0 Å². The molecule has 4 N–H and O–H groups in total. The number of nitrogens with zero attached hydrogens (tertiary/aromatic N) is 1. The number of aliphatic carboxylic acids is 2. The molecule has 0 amide bonds. The molecule has 2 aromatic rings. The predicted octanol–water partition coefficient (Wildman–Crippen LogP) is 2.55. The lowest BCUT2D eigenvalue weighted by Gasteiger charge is -2.19. The molecule has 0 bridgehead atoms. The average molecular weight is 455 g/mol. The largest absolute Gasteiger partial charge is 0.479 e. The number of alkyl halides is 3. The smallest absolute Gasteiger partial charge is 0.416 e. The number of halogens is 3. The number of benzene rings is 2. The van der Waals surface area contributed by atoms with Crippen molar-refractivity contribution in [3.63, 3.8) is 0 Å². The van der Waals surface area contributed by atoms with Gasteiger partial charge in [0.25, 0.3) is 0 Å². The minimum absolute atomic E-state index is 0.156. The molecule has 2 aromatic carbocycles. The highest BCUT2D eigenvalue weighted by Crippen LogP contribution is 2.37. The van der Waals surface area contributed by atoms with Crippen molar-refractivity contribution in [1.29, 1.82) is 0 Å². The van der Waals surface area contributed by atoms with Gasteiger partial charge in [-0.2, -0.15) is 13.2 Å². The Labute approximate surface area is 182 Å². The fraction of sp³-hybridized carbons (Fsp3) is 0.364. The molecule has 0 saturated carbocycles. The first kappa shape index (κ1) is 25.3. The molecule has 0 aromatic heterocycles. The predicted molar refractivity (Wildman–Crippen MR) is 108 cm³/mol. The summed E-state index contributed by atoms with van der Waals surface area (Å²) >= 11 is 0. The molecule has 174 valence electrons. The highest BCUT2D eigenvalue weighted by Gasteiger charge is 2.32. The molecular formula is C22H24F3NO6. The van der Waals surface area contributed by atoms with E-state index in [1.807, 2.05) is 25.2 Å². The maximum Gasteiger partial charge on any atom is 0.416 e. The van der Waals surface area contributed by atoms with Crippen molar-refractivity contribution in [2.75, 3.05) is 13.6 Å². The number of rotatable bonds is 4. The number of hydrogen-bond donors (Lipinski definition) is 4. The normalized spacial score (nSPS) is 18.4. The molecule has 7 nitrogen and oxygen atoms in total. The third-order valence-electron chi connectivity index (χ3n) is 5.09. The lowest BCUT2D eigenvalue weighted by molar-refractivity contribution is -0.165. The maximum absolute atomic E-state index is 13.0. The van der Waals surface area contributed by atoms with Gasteiger partial charge in [0.1, 0.15) is 0 Å². The summed E-state index contributed by atoms with van der Waals surface area (Å²) in [6, 6.07) is 14.2. The standard InChI is InChI=1S/C18H18F3N.C4H6O6/c1-22-10-9-17(13-5-3-2-4-6-13)16-8-7-15(18(19,20)21)11-14(16)12-22;5-1(3(7)8)2(6)4(9)10/h2-8,11,17H,9-10,12H2,1H3;1-2,5-6H,(H,7,8)(H,9,10)/t;1-,2-/m.1/s1. The summed E-state index contributed by atoms with van der Waals surface area (Å²) in [6.45, 7) is 1.43. The van der Waals surface area contributed by atoms with Crippen LogP contribution < -0.4 is 0 Å². The molecule has 0 radical (unpaired) electrons. The Bertz CT molecular complexity index is 917. The minimum atomic E-state index is -4.29. The highest BCUT2D eigenvalue weighted by molar-refractivity contribution is 5.83.